The highest BCUT2D eigenvalue weighted by Crippen LogP contribution is 2.27. The number of ether oxygens (including phenoxy) is 1. The molecule has 214 valence electrons. The summed E-state index contributed by atoms with van der Waals surface area (Å²) in [6.45, 7) is 5.73. The van der Waals surface area contributed by atoms with Crippen LogP contribution in [0.1, 0.15) is 32.8 Å². The van der Waals surface area contributed by atoms with E-state index < -0.39 is 28.5 Å². The number of nitrogens with one attached hydrogen (secondary N) is 1. The molecule has 40 heavy (non-hydrogen) atoms. The van der Waals surface area contributed by atoms with Gasteiger partial charge in [-0.1, -0.05) is 54.4 Å². The summed E-state index contributed by atoms with van der Waals surface area (Å²) in [6, 6.07) is 18.4. The van der Waals surface area contributed by atoms with Crippen LogP contribution in [0.2, 0.25) is 10.0 Å². The van der Waals surface area contributed by atoms with Crippen molar-refractivity contribution in [2.45, 2.75) is 44.7 Å². The van der Waals surface area contributed by atoms with Gasteiger partial charge in [-0.15, -0.1) is 0 Å². The predicted octanol–water partition coefficient (Wildman–Crippen LogP) is 5.53. The molecular weight excluding hydrogens is 573 g/mol. The minimum absolute atomic E-state index is 0.00243. The number of sulfonamides is 1. The molecule has 0 radical (unpaired) electrons. The van der Waals surface area contributed by atoms with Gasteiger partial charge in [0.05, 0.1) is 27.2 Å². The molecule has 0 fully saturated rings. The highest BCUT2D eigenvalue weighted by molar-refractivity contribution is 7.92. The van der Waals surface area contributed by atoms with Crippen LogP contribution in [0, 0.1) is 0 Å². The first-order chi connectivity index (χ1) is 19.1. The molecule has 11 heteroatoms. The summed E-state index contributed by atoms with van der Waals surface area (Å²) >= 11 is 12.3. The topological polar surface area (TPSA) is 96.0 Å². The second-order valence-electron chi connectivity index (χ2n) is 8.99. The summed E-state index contributed by atoms with van der Waals surface area (Å²) in [5.41, 5.74) is 0.945. The largest absolute Gasteiger partial charge is 0.494 e. The van der Waals surface area contributed by atoms with E-state index in [-0.39, 0.29) is 17.3 Å². The summed E-state index contributed by atoms with van der Waals surface area (Å²) in [4.78, 5) is 28.1. The molecule has 0 unspecified atom stereocenters. The van der Waals surface area contributed by atoms with Crippen LogP contribution in [-0.4, -0.2) is 50.9 Å². The Labute approximate surface area is 245 Å². The SMILES string of the molecule is CCCNC(=O)[C@H](C)N(Cc1ccc(Cl)c(Cl)c1)C(=O)CN(c1ccccc1)S(=O)(=O)c1ccc(OCC)cc1. The van der Waals surface area contributed by atoms with Crippen molar-refractivity contribution < 1.29 is 22.7 Å². The van der Waals surface area contributed by atoms with E-state index >= 15 is 0 Å². The zero-order valence-electron chi connectivity index (χ0n) is 22.6. The molecule has 8 nitrogen and oxygen atoms in total. The van der Waals surface area contributed by atoms with Gasteiger partial charge in [-0.05, 0) is 74.4 Å². The monoisotopic (exact) mass is 605 g/mol. The zero-order valence-corrected chi connectivity index (χ0v) is 25.0. The van der Waals surface area contributed by atoms with Crippen molar-refractivity contribution in [1.29, 1.82) is 0 Å². The average molecular weight is 607 g/mol. The molecule has 0 aliphatic rings. The molecule has 2 amide bonds. The summed E-state index contributed by atoms with van der Waals surface area (Å²) in [5, 5.41) is 3.47. The maximum Gasteiger partial charge on any atom is 0.264 e. The smallest absolute Gasteiger partial charge is 0.264 e. The van der Waals surface area contributed by atoms with Crippen LogP contribution in [0.5, 0.6) is 5.75 Å². The Morgan fingerprint density at radius 2 is 1.62 bits per heavy atom. The van der Waals surface area contributed by atoms with E-state index in [1.165, 1.54) is 17.0 Å². The number of carbonyl (C=O) groups is 2. The fraction of sp³-hybridized carbons (Fsp3) is 0.310. The molecule has 0 aliphatic carbocycles. The lowest BCUT2D eigenvalue weighted by Crippen LogP contribution is -2.51. The van der Waals surface area contributed by atoms with Crippen molar-refractivity contribution in [3.8, 4) is 5.75 Å². The lowest BCUT2D eigenvalue weighted by Gasteiger charge is -2.32. The third kappa shape index (κ3) is 7.90. The summed E-state index contributed by atoms with van der Waals surface area (Å²) in [7, 11) is -4.17. The predicted molar refractivity (Wildman–Crippen MR) is 158 cm³/mol. The van der Waals surface area contributed by atoms with Crippen LogP contribution in [0.15, 0.2) is 77.7 Å². The molecule has 1 N–H and O–H groups in total. The summed E-state index contributed by atoms with van der Waals surface area (Å²) < 4.78 is 34.2. The number of benzene rings is 3. The number of hydrogen-bond donors (Lipinski definition) is 1. The third-order valence-electron chi connectivity index (χ3n) is 6.10. The lowest BCUT2D eigenvalue weighted by molar-refractivity contribution is -0.139. The Hall–Kier alpha value is -3.27. The van der Waals surface area contributed by atoms with Gasteiger partial charge < -0.3 is 15.0 Å². The molecular formula is C29H33Cl2N3O5S. The molecule has 0 heterocycles. The minimum Gasteiger partial charge on any atom is -0.494 e. The van der Waals surface area contributed by atoms with Crippen molar-refractivity contribution in [3.05, 3.63) is 88.4 Å². The molecule has 0 saturated heterocycles. The Bertz CT molecular complexity index is 1400. The fourth-order valence-corrected chi connectivity index (χ4v) is 5.67. The molecule has 3 aromatic rings. The highest BCUT2D eigenvalue weighted by Gasteiger charge is 2.32. The number of rotatable bonds is 13. The first-order valence-corrected chi connectivity index (χ1v) is 15.1. The van der Waals surface area contributed by atoms with Gasteiger partial charge in [0.1, 0.15) is 18.3 Å². The Balaban J connectivity index is 1.99. The van der Waals surface area contributed by atoms with Gasteiger partial charge in [0.25, 0.3) is 10.0 Å². The van der Waals surface area contributed by atoms with Gasteiger partial charge in [0, 0.05) is 13.1 Å². The van der Waals surface area contributed by atoms with Gasteiger partial charge in [-0.2, -0.15) is 0 Å². The molecule has 1 atom stereocenters. The van der Waals surface area contributed by atoms with Gasteiger partial charge >= 0.3 is 0 Å². The van der Waals surface area contributed by atoms with Crippen LogP contribution in [-0.2, 0) is 26.2 Å². The van der Waals surface area contributed by atoms with Crippen LogP contribution in [0.25, 0.3) is 0 Å². The van der Waals surface area contributed by atoms with Crippen LogP contribution < -0.4 is 14.4 Å². The third-order valence-corrected chi connectivity index (χ3v) is 8.63. The fourth-order valence-electron chi connectivity index (χ4n) is 3.94. The standard InChI is InChI=1S/C29H33Cl2N3O5S/c1-4-17-32-29(36)21(3)33(19-22-11-16-26(30)27(31)18-22)28(35)20-34(23-9-7-6-8-10-23)40(37,38)25-14-12-24(13-15-25)39-5-2/h6-16,18,21H,4-5,17,19-20H2,1-3H3,(H,32,36)/t21-/m0/s1. The number of nitrogens with zero attached hydrogens (tertiary/aromatic N) is 2. The van der Waals surface area contributed by atoms with E-state index in [2.05, 4.69) is 5.32 Å². The first-order valence-electron chi connectivity index (χ1n) is 12.9. The molecule has 0 aliphatic heterocycles. The van der Waals surface area contributed by atoms with Crippen molar-refractivity contribution in [2.24, 2.45) is 0 Å². The lowest BCUT2D eigenvalue weighted by atomic mass is 10.1. The van der Waals surface area contributed by atoms with E-state index in [4.69, 9.17) is 27.9 Å². The van der Waals surface area contributed by atoms with Crippen molar-refractivity contribution >= 4 is 50.7 Å². The average Bonchev–Trinajstić information content (AvgIpc) is 2.95. The van der Waals surface area contributed by atoms with Crippen LogP contribution >= 0.6 is 23.2 Å². The number of anilines is 1. The maximum absolute atomic E-state index is 13.9. The van der Waals surface area contributed by atoms with E-state index in [0.717, 1.165) is 10.7 Å². The van der Waals surface area contributed by atoms with Crippen molar-refractivity contribution in [2.75, 3.05) is 24.0 Å². The summed E-state index contributed by atoms with van der Waals surface area (Å²) in [6.07, 6.45) is 0.724. The molecule has 0 bridgehead atoms. The van der Waals surface area contributed by atoms with Crippen molar-refractivity contribution in [1.82, 2.24) is 10.2 Å². The van der Waals surface area contributed by atoms with Gasteiger partial charge in [0.15, 0.2) is 0 Å². The highest BCUT2D eigenvalue weighted by atomic mass is 35.5. The second-order valence-corrected chi connectivity index (χ2v) is 11.7. The van der Waals surface area contributed by atoms with Gasteiger partial charge in [0.2, 0.25) is 11.8 Å². The van der Waals surface area contributed by atoms with Crippen LogP contribution in [0.4, 0.5) is 5.69 Å². The normalized spacial score (nSPS) is 11.9. The molecule has 0 aromatic heterocycles. The van der Waals surface area contributed by atoms with Crippen molar-refractivity contribution in [3.63, 3.8) is 0 Å². The number of hydrogen-bond acceptors (Lipinski definition) is 5. The number of amides is 2. The molecule has 3 aromatic carbocycles. The van der Waals surface area contributed by atoms with Gasteiger partial charge in [-0.3, -0.25) is 13.9 Å². The Morgan fingerprint density at radius 1 is 0.950 bits per heavy atom. The number of halogens is 2. The van der Waals surface area contributed by atoms with E-state index in [1.807, 2.05) is 13.8 Å². The Kier molecular flexibility index (Phi) is 11.2. The minimum atomic E-state index is -4.17. The number of carbonyl (C=O) groups excluding carboxylic acids is 2. The molecule has 3 rings (SSSR count). The number of para-hydroxylation sites is 1. The van der Waals surface area contributed by atoms with E-state index in [9.17, 15) is 18.0 Å². The molecule has 0 saturated carbocycles. The Morgan fingerprint density at radius 3 is 2.23 bits per heavy atom. The van der Waals surface area contributed by atoms with Crippen LogP contribution in [0.3, 0.4) is 0 Å². The van der Waals surface area contributed by atoms with E-state index in [1.54, 1.807) is 67.6 Å². The van der Waals surface area contributed by atoms with E-state index in [0.29, 0.717) is 40.2 Å². The summed E-state index contributed by atoms with van der Waals surface area (Å²) in [5.74, 6) is -0.386. The van der Waals surface area contributed by atoms with Gasteiger partial charge in [-0.25, -0.2) is 8.42 Å². The molecule has 0 spiro atoms. The zero-order chi connectivity index (χ0) is 29.3. The maximum atomic E-state index is 13.9. The second kappa shape index (κ2) is 14.4. The first kappa shape index (κ1) is 31.3. The quantitative estimate of drug-likeness (QED) is 0.276.